The molecule has 1 heterocycles. The molecule has 1 atom stereocenters. The van der Waals surface area contributed by atoms with Crippen molar-refractivity contribution in [2.45, 2.75) is 33.6 Å². The van der Waals surface area contributed by atoms with Gasteiger partial charge in [0.2, 0.25) is 0 Å². The summed E-state index contributed by atoms with van der Waals surface area (Å²) in [5.74, 6) is -0.571. The van der Waals surface area contributed by atoms with Gasteiger partial charge in [0.15, 0.2) is 0 Å². The molecule has 0 aliphatic heterocycles. The molecule has 0 N–H and O–H groups in total. The molecule has 0 aliphatic carbocycles. The Labute approximate surface area is 93.9 Å². The molecule has 1 aromatic rings. The molecule has 0 amide bonds. The molecule has 0 radical (unpaired) electrons. The molecule has 0 aromatic carbocycles. The Kier molecular flexibility index (Phi) is 3.23. The molecule has 5 nitrogen and oxygen atoms in total. The van der Waals surface area contributed by atoms with Gasteiger partial charge in [0, 0.05) is 11.3 Å². The van der Waals surface area contributed by atoms with Crippen molar-refractivity contribution in [2.24, 2.45) is 0 Å². The van der Waals surface area contributed by atoms with Crippen molar-refractivity contribution in [1.29, 1.82) is 5.26 Å². The normalized spacial score (nSPS) is 11.9. The second kappa shape index (κ2) is 4.27. The van der Waals surface area contributed by atoms with Crippen LogP contribution >= 0.6 is 0 Å². The number of aromatic nitrogens is 1. The Morgan fingerprint density at radius 2 is 1.94 bits per heavy atom. The average molecular weight is 219 g/mol. The summed E-state index contributed by atoms with van der Waals surface area (Å²) in [6, 6.07) is 1.98. The predicted molar refractivity (Wildman–Crippen MR) is 59.1 cm³/mol. The van der Waals surface area contributed by atoms with Crippen LogP contribution in [0.5, 0.6) is 0 Å². The largest absolute Gasteiger partial charge is 0.295 e. The number of pyridine rings is 1. The lowest BCUT2D eigenvalue weighted by Crippen LogP contribution is -2.07. The van der Waals surface area contributed by atoms with Gasteiger partial charge in [-0.05, 0) is 33.3 Å². The maximum atomic E-state index is 11.0. The first-order chi connectivity index (χ1) is 7.40. The van der Waals surface area contributed by atoms with Crippen LogP contribution in [-0.4, -0.2) is 9.91 Å². The summed E-state index contributed by atoms with van der Waals surface area (Å²) in [4.78, 5) is 14.7. The van der Waals surface area contributed by atoms with Crippen LogP contribution in [-0.2, 0) is 0 Å². The average Bonchev–Trinajstić information content (AvgIpc) is 2.23. The molecule has 0 saturated heterocycles. The molecular formula is C11H13N3O2. The lowest BCUT2D eigenvalue weighted by Gasteiger charge is -2.10. The van der Waals surface area contributed by atoms with E-state index in [1.165, 1.54) is 0 Å². The van der Waals surface area contributed by atoms with Gasteiger partial charge in [-0.15, -0.1) is 0 Å². The van der Waals surface area contributed by atoms with Crippen LogP contribution in [0.25, 0.3) is 0 Å². The molecule has 84 valence electrons. The number of aryl methyl sites for hydroxylation is 1. The summed E-state index contributed by atoms with van der Waals surface area (Å²) in [6.07, 6.45) is 0. The van der Waals surface area contributed by atoms with E-state index in [-0.39, 0.29) is 11.4 Å². The topological polar surface area (TPSA) is 79.8 Å². The van der Waals surface area contributed by atoms with E-state index in [2.05, 4.69) is 4.98 Å². The van der Waals surface area contributed by atoms with Gasteiger partial charge in [-0.2, -0.15) is 5.26 Å². The summed E-state index contributed by atoms with van der Waals surface area (Å²) in [5.41, 5.74) is 2.36. The van der Waals surface area contributed by atoms with E-state index in [4.69, 9.17) is 5.26 Å². The SMILES string of the molecule is Cc1nc(C(C)C#N)c([N+](=O)[O-])c(C)c1C. The van der Waals surface area contributed by atoms with Gasteiger partial charge in [-0.3, -0.25) is 10.1 Å². The summed E-state index contributed by atoms with van der Waals surface area (Å²) in [6.45, 7) is 6.89. The number of hydrogen-bond donors (Lipinski definition) is 0. The fourth-order valence-electron chi connectivity index (χ4n) is 1.55. The second-order valence-electron chi connectivity index (χ2n) is 3.79. The molecule has 0 saturated carbocycles. The van der Waals surface area contributed by atoms with E-state index in [1.54, 1.807) is 27.7 Å². The Balaban J connectivity index is 3.61. The van der Waals surface area contributed by atoms with Crippen molar-refractivity contribution in [3.8, 4) is 6.07 Å². The van der Waals surface area contributed by atoms with E-state index in [0.717, 1.165) is 11.3 Å². The molecular weight excluding hydrogens is 206 g/mol. The zero-order valence-corrected chi connectivity index (χ0v) is 9.74. The van der Waals surface area contributed by atoms with E-state index < -0.39 is 10.8 Å². The summed E-state index contributed by atoms with van der Waals surface area (Å²) in [5, 5.41) is 19.8. The molecule has 16 heavy (non-hydrogen) atoms. The number of nitrogens with zero attached hydrogens (tertiary/aromatic N) is 3. The highest BCUT2D eigenvalue weighted by atomic mass is 16.6. The van der Waals surface area contributed by atoms with E-state index in [9.17, 15) is 10.1 Å². The Bertz CT molecular complexity index is 489. The molecule has 0 aliphatic rings. The maximum Gasteiger partial charge on any atom is 0.295 e. The third kappa shape index (κ3) is 1.87. The number of hydrogen-bond acceptors (Lipinski definition) is 4. The first-order valence-electron chi connectivity index (χ1n) is 4.91. The van der Waals surface area contributed by atoms with Crippen LogP contribution in [0, 0.1) is 42.2 Å². The lowest BCUT2D eigenvalue weighted by atomic mass is 10.00. The minimum Gasteiger partial charge on any atom is -0.258 e. The van der Waals surface area contributed by atoms with Crippen molar-refractivity contribution < 1.29 is 4.92 Å². The van der Waals surface area contributed by atoms with E-state index >= 15 is 0 Å². The van der Waals surface area contributed by atoms with Gasteiger partial charge in [-0.25, -0.2) is 4.98 Å². The Morgan fingerprint density at radius 1 is 1.38 bits per heavy atom. The number of nitriles is 1. The van der Waals surface area contributed by atoms with Gasteiger partial charge in [-0.1, -0.05) is 0 Å². The van der Waals surface area contributed by atoms with Crippen molar-refractivity contribution >= 4 is 5.69 Å². The molecule has 1 unspecified atom stereocenters. The Morgan fingerprint density at radius 3 is 2.38 bits per heavy atom. The number of nitro groups is 1. The highest BCUT2D eigenvalue weighted by Crippen LogP contribution is 2.30. The minimum atomic E-state index is -0.571. The van der Waals surface area contributed by atoms with Crippen LogP contribution in [0.3, 0.4) is 0 Å². The monoisotopic (exact) mass is 219 g/mol. The maximum absolute atomic E-state index is 11.0. The smallest absolute Gasteiger partial charge is 0.258 e. The third-order valence-electron chi connectivity index (χ3n) is 2.78. The van der Waals surface area contributed by atoms with Crippen molar-refractivity contribution in [3.63, 3.8) is 0 Å². The quantitative estimate of drug-likeness (QED) is 0.565. The molecule has 1 aromatic heterocycles. The zero-order chi connectivity index (χ0) is 12.5. The van der Waals surface area contributed by atoms with Gasteiger partial charge >= 0.3 is 0 Å². The molecule has 0 spiro atoms. The highest BCUT2D eigenvalue weighted by molar-refractivity contribution is 5.51. The molecule has 0 fully saturated rings. The molecule has 1 rings (SSSR count). The second-order valence-corrected chi connectivity index (χ2v) is 3.79. The lowest BCUT2D eigenvalue weighted by molar-refractivity contribution is -0.386. The summed E-state index contributed by atoms with van der Waals surface area (Å²) in [7, 11) is 0. The van der Waals surface area contributed by atoms with Gasteiger partial charge in [0.1, 0.15) is 5.69 Å². The fraction of sp³-hybridized carbons (Fsp3) is 0.455. The van der Waals surface area contributed by atoms with Crippen molar-refractivity contribution in [1.82, 2.24) is 4.98 Å². The van der Waals surface area contributed by atoms with Crippen molar-refractivity contribution in [3.05, 3.63) is 32.6 Å². The molecule has 5 heteroatoms. The van der Waals surface area contributed by atoms with Gasteiger partial charge in [0.25, 0.3) is 5.69 Å². The Hall–Kier alpha value is -1.96. The fourth-order valence-corrected chi connectivity index (χ4v) is 1.55. The van der Waals surface area contributed by atoms with Crippen LogP contribution in [0.15, 0.2) is 0 Å². The molecule has 0 bridgehead atoms. The van der Waals surface area contributed by atoms with Gasteiger partial charge < -0.3 is 0 Å². The van der Waals surface area contributed by atoms with Gasteiger partial charge in [0.05, 0.1) is 16.9 Å². The minimum absolute atomic E-state index is 0.0304. The van der Waals surface area contributed by atoms with E-state index in [0.29, 0.717) is 5.56 Å². The third-order valence-corrected chi connectivity index (χ3v) is 2.78. The van der Waals surface area contributed by atoms with Crippen LogP contribution < -0.4 is 0 Å². The summed E-state index contributed by atoms with van der Waals surface area (Å²) < 4.78 is 0. The van der Waals surface area contributed by atoms with E-state index in [1.807, 2.05) is 6.07 Å². The summed E-state index contributed by atoms with van der Waals surface area (Å²) >= 11 is 0. The number of rotatable bonds is 2. The van der Waals surface area contributed by atoms with Crippen LogP contribution in [0.2, 0.25) is 0 Å². The van der Waals surface area contributed by atoms with Crippen molar-refractivity contribution in [2.75, 3.05) is 0 Å². The van der Waals surface area contributed by atoms with Crippen LogP contribution in [0.1, 0.15) is 35.4 Å². The first kappa shape index (κ1) is 12.1. The highest BCUT2D eigenvalue weighted by Gasteiger charge is 2.25. The standard InChI is InChI=1S/C11H13N3O2/c1-6(5-12)10-11(14(15)16)8(3)7(2)9(4)13-10/h6H,1-4H3. The first-order valence-corrected chi connectivity index (χ1v) is 4.91. The zero-order valence-electron chi connectivity index (χ0n) is 9.74. The predicted octanol–water partition coefficient (Wildman–Crippen LogP) is 2.54. The van der Waals surface area contributed by atoms with Crippen LogP contribution in [0.4, 0.5) is 5.69 Å².